The maximum atomic E-state index is 11.0. The second-order valence-corrected chi connectivity index (χ2v) is 5.58. The molecule has 2 aromatic rings. The summed E-state index contributed by atoms with van der Waals surface area (Å²) in [7, 11) is 0. The van der Waals surface area contributed by atoms with Crippen molar-refractivity contribution in [3.8, 4) is 5.75 Å². The highest BCUT2D eigenvalue weighted by Gasteiger charge is 2.15. The topological polar surface area (TPSA) is 29.5 Å². The van der Waals surface area contributed by atoms with Crippen LogP contribution >= 0.6 is 0 Å². The van der Waals surface area contributed by atoms with Gasteiger partial charge < -0.3 is 9.64 Å². The van der Waals surface area contributed by atoms with Crippen LogP contribution in [0.5, 0.6) is 5.75 Å². The maximum Gasteiger partial charge on any atom is 0.153 e. The first kappa shape index (κ1) is 14.6. The molecule has 0 atom stereocenters. The molecule has 0 saturated heterocycles. The summed E-state index contributed by atoms with van der Waals surface area (Å²) in [4.78, 5) is 13.4. The van der Waals surface area contributed by atoms with Gasteiger partial charge in [0, 0.05) is 18.8 Å². The highest BCUT2D eigenvalue weighted by molar-refractivity contribution is 5.79. The first-order chi connectivity index (χ1) is 10.9. The molecule has 0 aromatic heterocycles. The number of anilines is 1. The highest BCUT2D eigenvalue weighted by atomic mass is 16.5. The molecule has 3 heteroatoms. The van der Waals surface area contributed by atoms with Gasteiger partial charge in [0.15, 0.2) is 6.29 Å². The molecule has 3 nitrogen and oxygen atoms in total. The molecule has 0 spiro atoms. The Balaban J connectivity index is 1.53. The fourth-order valence-corrected chi connectivity index (χ4v) is 2.99. The lowest BCUT2D eigenvalue weighted by atomic mass is 10.0. The molecule has 0 unspecified atom stereocenters. The quantitative estimate of drug-likeness (QED) is 0.601. The lowest BCUT2D eigenvalue weighted by Crippen LogP contribution is -2.31. The summed E-state index contributed by atoms with van der Waals surface area (Å²) in [6, 6.07) is 16.0. The Kier molecular flexibility index (Phi) is 4.74. The number of carbonyl (C=O) groups excluding carboxylic acids is 1. The van der Waals surface area contributed by atoms with Crippen molar-refractivity contribution in [2.45, 2.75) is 19.3 Å². The molecule has 0 radical (unpaired) electrons. The SMILES string of the molecule is O=Cc1ccccc1OCCCN1CCCc2ccccc21. The Morgan fingerprint density at radius 1 is 1.09 bits per heavy atom. The van der Waals surface area contributed by atoms with Crippen molar-refractivity contribution in [2.75, 3.05) is 24.6 Å². The number of nitrogens with zero attached hydrogens (tertiary/aromatic N) is 1. The lowest BCUT2D eigenvalue weighted by Gasteiger charge is -2.31. The van der Waals surface area contributed by atoms with Gasteiger partial charge in [-0.15, -0.1) is 0 Å². The fraction of sp³-hybridized carbons (Fsp3) is 0.316. The molecule has 1 aliphatic rings. The summed E-state index contributed by atoms with van der Waals surface area (Å²) in [5, 5.41) is 0. The van der Waals surface area contributed by atoms with Crippen LogP contribution in [0.1, 0.15) is 28.8 Å². The lowest BCUT2D eigenvalue weighted by molar-refractivity contribution is 0.111. The van der Waals surface area contributed by atoms with Crippen LogP contribution in [0, 0.1) is 0 Å². The molecule has 3 rings (SSSR count). The summed E-state index contributed by atoms with van der Waals surface area (Å²) in [5.41, 5.74) is 3.42. The summed E-state index contributed by atoms with van der Waals surface area (Å²) < 4.78 is 5.75. The Morgan fingerprint density at radius 2 is 1.91 bits per heavy atom. The van der Waals surface area contributed by atoms with Gasteiger partial charge >= 0.3 is 0 Å². The van der Waals surface area contributed by atoms with Gasteiger partial charge in [-0.3, -0.25) is 4.79 Å². The van der Waals surface area contributed by atoms with Gasteiger partial charge in [-0.25, -0.2) is 0 Å². The zero-order chi connectivity index (χ0) is 15.2. The third-order valence-corrected chi connectivity index (χ3v) is 4.08. The molecule has 0 amide bonds. The number of carbonyl (C=O) groups is 1. The Morgan fingerprint density at radius 3 is 2.82 bits per heavy atom. The normalized spacial score (nSPS) is 13.5. The number of fused-ring (bicyclic) bond motifs is 1. The van der Waals surface area contributed by atoms with Crippen molar-refractivity contribution in [3.05, 3.63) is 59.7 Å². The Labute approximate surface area is 131 Å². The molecule has 1 heterocycles. The van der Waals surface area contributed by atoms with Crippen LogP contribution in [0.2, 0.25) is 0 Å². The van der Waals surface area contributed by atoms with Crippen LogP contribution in [0.25, 0.3) is 0 Å². The zero-order valence-corrected chi connectivity index (χ0v) is 12.7. The van der Waals surface area contributed by atoms with Crippen molar-refractivity contribution in [1.82, 2.24) is 0 Å². The van der Waals surface area contributed by atoms with Crippen molar-refractivity contribution in [1.29, 1.82) is 0 Å². The predicted molar refractivity (Wildman–Crippen MR) is 88.9 cm³/mol. The molecule has 0 N–H and O–H groups in total. The molecule has 22 heavy (non-hydrogen) atoms. The highest BCUT2D eigenvalue weighted by Crippen LogP contribution is 2.26. The van der Waals surface area contributed by atoms with E-state index >= 15 is 0 Å². The molecule has 2 aromatic carbocycles. The average molecular weight is 295 g/mol. The van der Waals surface area contributed by atoms with Crippen LogP contribution in [-0.2, 0) is 6.42 Å². The van der Waals surface area contributed by atoms with Crippen molar-refractivity contribution in [2.24, 2.45) is 0 Å². The average Bonchev–Trinajstić information content (AvgIpc) is 2.59. The van der Waals surface area contributed by atoms with Crippen molar-refractivity contribution in [3.63, 3.8) is 0 Å². The number of rotatable bonds is 6. The Hall–Kier alpha value is -2.29. The number of para-hydroxylation sites is 2. The van der Waals surface area contributed by atoms with Gasteiger partial charge in [0.05, 0.1) is 12.2 Å². The first-order valence-electron chi connectivity index (χ1n) is 7.88. The first-order valence-corrected chi connectivity index (χ1v) is 7.88. The summed E-state index contributed by atoms with van der Waals surface area (Å²) >= 11 is 0. The van der Waals surface area contributed by atoms with Crippen molar-refractivity contribution >= 4 is 12.0 Å². The van der Waals surface area contributed by atoms with E-state index in [1.54, 1.807) is 6.07 Å². The molecule has 114 valence electrons. The number of benzene rings is 2. The van der Waals surface area contributed by atoms with Crippen LogP contribution in [0.15, 0.2) is 48.5 Å². The molecule has 1 aliphatic heterocycles. The van der Waals surface area contributed by atoms with Crippen LogP contribution in [-0.4, -0.2) is 26.0 Å². The molecule has 0 fully saturated rings. The van der Waals surface area contributed by atoms with Crippen LogP contribution < -0.4 is 9.64 Å². The van der Waals surface area contributed by atoms with E-state index in [4.69, 9.17) is 4.74 Å². The fourth-order valence-electron chi connectivity index (χ4n) is 2.99. The van der Waals surface area contributed by atoms with Crippen LogP contribution in [0.3, 0.4) is 0 Å². The number of hydrogen-bond donors (Lipinski definition) is 0. The van der Waals surface area contributed by atoms with E-state index in [1.807, 2.05) is 18.2 Å². The van der Waals surface area contributed by atoms with E-state index < -0.39 is 0 Å². The van der Waals surface area contributed by atoms with Crippen molar-refractivity contribution < 1.29 is 9.53 Å². The van der Waals surface area contributed by atoms with Gasteiger partial charge in [0.2, 0.25) is 0 Å². The largest absolute Gasteiger partial charge is 0.493 e. The van der Waals surface area contributed by atoms with Crippen LogP contribution in [0.4, 0.5) is 5.69 Å². The summed E-state index contributed by atoms with van der Waals surface area (Å²) in [6.07, 6.45) is 4.18. The van der Waals surface area contributed by atoms with E-state index in [1.165, 1.54) is 24.1 Å². The smallest absolute Gasteiger partial charge is 0.153 e. The van der Waals surface area contributed by atoms with E-state index in [0.29, 0.717) is 17.9 Å². The summed E-state index contributed by atoms with van der Waals surface area (Å²) in [5.74, 6) is 0.677. The van der Waals surface area contributed by atoms with Gasteiger partial charge in [0.25, 0.3) is 0 Å². The number of aldehydes is 1. The maximum absolute atomic E-state index is 11.0. The molecule has 0 bridgehead atoms. The zero-order valence-electron chi connectivity index (χ0n) is 12.7. The molecule has 0 aliphatic carbocycles. The number of ether oxygens (including phenoxy) is 1. The van der Waals surface area contributed by atoms with E-state index in [0.717, 1.165) is 25.8 Å². The third-order valence-electron chi connectivity index (χ3n) is 4.08. The third kappa shape index (κ3) is 3.30. The molecular formula is C19H21NO2. The standard InChI is InChI=1S/C19H21NO2/c21-15-17-8-2-4-11-19(17)22-14-6-13-20-12-5-9-16-7-1-3-10-18(16)20/h1-4,7-8,10-11,15H,5-6,9,12-14H2. The van der Waals surface area contributed by atoms with E-state index in [2.05, 4.69) is 29.2 Å². The van der Waals surface area contributed by atoms with E-state index in [9.17, 15) is 4.79 Å². The van der Waals surface area contributed by atoms with Gasteiger partial charge in [-0.2, -0.15) is 0 Å². The van der Waals surface area contributed by atoms with Gasteiger partial charge in [-0.05, 0) is 43.0 Å². The monoisotopic (exact) mass is 295 g/mol. The predicted octanol–water partition coefficient (Wildman–Crippen LogP) is 3.72. The summed E-state index contributed by atoms with van der Waals surface area (Å²) in [6.45, 7) is 2.73. The second-order valence-electron chi connectivity index (χ2n) is 5.58. The minimum atomic E-state index is 0.616. The number of hydrogen-bond acceptors (Lipinski definition) is 3. The van der Waals surface area contributed by atoms with E-state index in [-0.39, 0.29) is 0 Å². The number of aryl methyl sites for hydroxylation is 1. The molecular weight excluding hydrogens is 274 g/mol. The minimum Gasteiger partial charge on any atom is -0.493 e. The minimum absolute atomic E-state index is 0.616. The second kappa shape index (κ2) is 7.12. The van der Waals surface area contributed by atoms with Gasteiger partial charge in [-0.1, -0.05) is 30.3 Å². The molecule has 0 saturated carbocycles. The van der Waals surface area contributed by atoms with Gasteiger partial charge in [0.1, 0.15) is 5.75 Å². The Bertz CT molecular complexity index is 639.